The van der Waals surface area contributed by atoms with Crippen LogP contribution in [0.2, 0.25) is 0 Å². The number of carbonyl (C=O) groups excluding carboxylic acids is 2. The summed E-state index contributed by atoms with van der Waals surface area (Å²) in [5, 5.41) is 9.06. The molecule has 0 aliphatic heterocycles. The number of anilines is 1. The van der Waals surface area contributed by atoms with E-state index >= 15 is 0 Å². The first-order valence-corrected chi connectivity index (χ1v) is 10.9. The summed E-state index contributed by atoms with van der Waals surface area (Å²) in [5.41, 5.74) is 6.10. The Morgan fingerprint density at radius 2 is 1.38 bits per heavy atom. The zero-order valence-corrected chi connectivity index (χ0v) is 19.1. The highest BCUT2D eigenvalue weighted by Gasteiger charge is 2.21. The summed E-state index contributed by atoms with van der Waals surface area (Å²) in [6.07, 6.45) is 0. The van der Waals surface area contributed by atoms with Crippen LogP contribution in [0.15, 0.2) is 72.8 Å². The molecule has 2 amide bonds. The van der Waals surface area contributed by atoms with Gasteiger partial charge in [-0.15, -0.1) is 0 Å². The first-order chi connectivity index (χ1) is 15.3. The number of rotatable bonds is 8. The van der Waals surface area contributed by atoms with Gasteiger partial charge in [0.2, 0.25) is 11.8 Å². The molecule has 5 nitrogen and oxygen atoms in total. The second kappa shape index (κ2) is 10.7. The van der Waals surface area contributed by atoms with Crippen molar-refractivity contribution in [2.45, 2.75) is 39.8 Å². The number of para-hydroxylation sites is 1. The van der Waals surface area contributed by atoms with Crippen LogP contribution in [0.4, 0.5) is 5.69 Å². The van der Waals surface area contributed by atoms with Gasteiger partial charge in [-0.25, -0.2) is 0 Å². The Hall–Kier alpha value is -3.44. The molecule has 32 heavy (non-hydrogen) atoms. The molecule has 0 spiro atoms. The molecule has 0 aromatic heterocycles. The Morgan fingerprint density at radius 3 is 2.00 bits per heavy atom. The van der Waals surface area contributed by atoms with E-state index in [0.717, 1.165) is 27.9 Å². The highest BCUT2D eigenvalue weighted by molar-refractivity contribution is 5.96. The van der Waals surface area contributed by atoms with Gasteiger partial charge in [0, 0.05) is 5.69 Å². The summed E-state index contributed by atoms with van der Waals surface area (Å²) >= 11 is 0. The maximum atomic E-state index is 12.7. The lowest BCUT2D eigenvalue weighted by molar-refractivity contribution is -0.125. The molecule has 2 atom stereocenters. The highest BCUT2D eigenvalue weighted by Crippen LogP contribution is 2.23. The van der Waals surface area contributed by atoms with Crippen LogP contribution in [-0.4, -0.2) is 24.4 Å². The Balaban J connectivity index is 1.63. The minimum atomic E-state index is -0.491. The van der Waals surface area contributed by atoms with Crippen LogP contribution >= 0.6 is 0 Å². The van der Waals surface area contributed by atoms with Crippen molar-refractivity contribution in [1.82, 2.24) is 10.6 Å². The number of amides is 2. The van der Waals surface area contributed by atoms with Crippen LogP contribution in [0.3, 0.4) is 0 Å². The molecule has 0 aliphatic rings. The van der Waals surface area contributed by atoms with Crippen molar-refractivity contribution in [2.75, 3.05) is 11.9 Å². The predicted molar refractivity (Wildman–Crippen MR) is 130 cm³/mol. The van der Waals surface area contributed by atoms with E-state index in [4.69, 9.17) is 0 Å². The maximum absolute atomic E-state index is 12.7. The van der Waals surface area contributed by atoms with E-state index < -0.39 is 6.04 Å². The van der Waals surface area contributed by atoms with Crippen LogP contribution in [0.25, 0.3) is 0 Å². The lowest BCUT2D eigenvalue weighted by atomic mass is 9.97. The number of hydrogen-bond acceptors (Lipinski definition) is 3. The zero-order valence-electron chi connectivity index (χ0n) is 19.1. The Kier molecular flexibility index (Phi) is 7.79. The van der Waals surface area contributed by atoms with E-state index in [9.17, 15) is 9.59 Å². The second-order valence-corrected chi connectivity index (χ2v) is 8.18. The zero-order chi connectivity index (χ0) is 23.1. The van der Waals surface area contributed by atoms with Crippen LogP contribution in [0.5, 0.6) is 0 Å². The van der Waals surface area contributed by atoms with Gasteiger partial charge in [-0.1, -0.05) is 78.4 Å². The number of hydrogen-bond donors (Lipinski definition) is 3. The van der Waals surface area contributed by atoms with E-state index in [0.29, 0.717) is 0 Å². The topological polar surface area (TPSA) is 70.2 Å². The summed E-state index contributed by atoms with van der Waals surface area (Å²) in [4.78, 5) is 25.1. The standard InChI is InChI=1S/C27H31N3O2/c1-18-13-15-23(16-14-18)26(22-11-6-5-7-12-22)29-21(4)27(32)28-17-24(31)30-25-19(2)9-8-10-20(25)3/h5-16,21,26,29H,17H2,1-4H3,(H,28,32)(H,30,31)/t21-,26+/m0/s1. The second-order valence-electron chi connectivity index (χ2n) is 8.18. The maximum Gasteiger partial charge on any atom is 0.243 e. The predicted octanol–water partition coefficient (Wildman–Crippen LogP) is 4.43. The summed E-state index contributed by atoms with van der Waals surface area (Å²) in [6.45, 7) is 7.67. The molecule has 3 N–H and O–H groups in total. The number of nitrogens with one attached hydrogen (secondary N) is 3. The van der Waals surface area contributed by atoms with Crippen molar-refractivity contribution in [3.63, 3.8) is 0 Å². The van der Waals surface area contributed by atoms with Crippen molar-refractivity contribution < 1.29 is 9.59 Å². The van der Waals surface area contributed by atoms with Gasteiger partial charge in [-0.2, -0.15) is 0 Å². The number of aryl methyl sites for hydroxylation is 3. The van der Waals surface area contributed by atoms with Gasteiger partial charge in [0.1, 0.15) is 0 Å². The van der Waals surface area contributed by atoms with E-state index in [1.54, 1.807) is 0 Å². The normalized spacial score (nSPS) is 12.6. The fourth-order valence-corrected chi connectivity index (χ4v) is 3.63. The first-order valence-electron chi connectivity index (χ1n) is 10.9. The number of carbonyl (C=O) groups is 2. The quantitative estimate of drug-likeness (QED) is 0.496. The molecule has 0 saturated heterocycles. The molecule has 3 aromatic rings. The third-order valence-corrected chi connectivity index (χ3v) is 5.52. The molecule has 0 unspecified atom stereocenters. The van der Waals surface area contributed by atoms with E-state index in [2.05, 4.69) is 40.2 Å². The van der Waals surface area contributed by atoms with Gasteiger partial charge in [0.05, 0.1) is 18.6 Å². The SMILES string of the molecule is Cc1ccc([C@H](N[C@@H](C)C(=O)NCC(=O)Nc2c(C)cccc2C)c2ccccc2)cc1. The smallest absolute Gasteiger partial charge is 0.243 e. The van der Waals surface area contributed by atoms with Crippen LogP contribution in [-0.2, 0) is 9.59 Å². The molecule has 0 saturated carbocycles. The van der Waals surface area contributed by atoms with E-state index in [1.807, 2.05) is 76.2 Å². The lowest BCUT2D eigenvalue weighted by Crippen LogP contribution is -2.46. The van der Waals surface area contributed by atoms with Gasteiger partial charge in [-0.05, 0) is 49.9 Å². The van der Waals surface area contributed by atoms with Crippen molar-refractivity contribution in [3.05, 3.63) is 101 Å². The lowest BCUT2D eigenvalue weighted by Gasteiger charge is -2.24. The fraction of sp³-hybridized carbons (Fsp3) is 0.259. The molecular formula is C27H31N3O2. The summed E-state index contributed by atoms with van der Waals surface area (Å²) in [7, 11) is 0. The monoisotopic (exact) mass is 429 g/mol. The Morgan fingerprint density at radius 1 is 0.781 bits per heavy atom. The summed E-state index contributed by atoms with van der Waals surface area (Å²) in [6, 6.07) is 23.5. The summed E-state index contributed by atoms with van der Waals surface area (Å²) < 4.78 is 0. The van der Waals surface area contributed by atoms with Crippen molar-refractivity contribution in [1.29, 1.82) is 0 Å². The molecule has 0 aliphatic carbocycles. The van der Waals surface area contributed by atoms with Gasteiger partial charge >= 0.3 is 0 Å². The molecular weight excluding hydrogens is 398 g/mol. The van der Waals surface area contributed by atoms with E-state index in [1.165, 1.54) is 5.56 Å². The highest BCUT2D eigenvalue weighted by atomic mass is 16.2. The average molecular weight is 430 g/mol. The summed E-state index contributed by atoms with van der Waals surface area (Å²) in [5.74, 6) is -0.476. The van der Waals surface area contributed by atoms with Crippen LogP contribution in [0, 0.1) is 20.8 Å². The molecule has 0 fully saturated rings. The Labute approximate surface area is 190 Å². The largest absolute Gasteiger partial charge is 0.346 e. The van der Waals surface area contributed by atoms with Crippen molar-refractivity contribution in [2.24, 2.45) is 0 Å². The van der Waals surface area contributed by atoms with Crippen LogP contribution in [0.1, 0.15) is 40.8 Å². The van der Waals surface area contributed by atoms with Gasteiger partial charge in [0.25, 0.3) is 0 Å². The Bertz CT molecular complexity index is 1040. The van der Waals surface area contributed by atoms with Gasteiger partial charge in [0.15, 0.2) is 0 Å². The first kappa shape index (κ1) is 23.2. The van der Waals surface area contributed by atoms with Crippen molar-refractivity contribution in [3.8, 4) is 0 Å². The minimum Gasteiger partial charge on any atom is -0.346 e. The van der Waals surface area contributed by atoms with E-state index in [-0.39, 0.29) is 24.4 Å². The molecule has 0 heterocycles. The molecule has 3 aromatic carbocycles. The van der Waals surface area contributed by atoms with Gasteiger partial charge in [-0.3, -0.25) is 14.9 Å². The van der Waals surface area contributed by atoms with Crippen LogP contribution < -0.4 is 16.0 Å². The molecule has 3 rings (SSSR count). The third-order valence-electron chi connectivity index (χ3n) is 5.52. The minimum absolute atomic E-state index is 0.0842. The average Bonchev–Trinajstić information content (AvgIpc) is 2.79. The molecule has 5 heteroatoms. The molecule has 166 valence electrons. The van der Waals surface area contributed by atoms with Gasteiger partial charge < -0.3 is 10.6 Å². The molecule has 0 bridgehead atoms. The molecule has 0 radical (unpaired) electrons. The van der Waals surface area contributed by atoms with Crippen molar-refractivity contribution >= 4 is 17.5 Å². The fourth-order valence-electron chi connectivity index (χ4n) is 3.63. The number of benzene rings is 3. The third kappa shape index (κ3) is 6.05.